The molecule has 0 bridgehead atoms. The van der Waals surface area contributed by atoms with Crippen molar-refractivity contribution < 1.29 is 9.90 Å². The minimum absolute atomic E-state index is 0.0645. The lowest BCUT2D eigenvalue weighted by molar-refractivity contribution is -0.136. The lowest BCUT2D eigenvalue weighted by Gasteiger charge is -1.90. The molecular weight excluding hydrogens is 186 g/mol. The van der Waals surface area contributed by atoms with Crippen LogP contribution in [0.4, 0.5) is 0 Å². The zero-order valence-electron chi connectivity index (χ0n) is 7.41. The lowest BCUT2D eigenvalue weighted by atomic mass is 10.3. The van der Waals surface area contributed by atoms with Crippen LogP contribution in [0.1, 0.15) is 34.3 Å². The number of aliphatic carboxylic acids is 1. The number of carboxylic acids is 1. The molecule has 2 rings (SSSR count). The molecule has 1 N–H and O–H groups in total. The number of hydrogen-bond acceptors (Lipinski definition) is 3. The van der Waals surface area contributed by atoms with Crippen LogP contribution in [0.3, 0.4) is 0 Å². The topological polar surface area (TPSA) is 50.2 Å². The Balaban J connectivity index is 2.19. The van der Waals surface area contributed by atoms with Crippen molar-refractivity contribution in [1.29, 1.82) is 0 Å². The molecule has 1 fully saturated rings. The van der Waals surface area contributed by atoms with Crippen LogP contribution in [0.15, 0.2) is 0 Å². The predicted octanol–water partition coefficient (Wildman–Crippen LogP) is 1.96. The highest BCUT2D eigenvalue weighted by atomic mass is 32.1. The lowest BCUT2D eigenvalue weighted by Crippen LogP contribution is -2.01. The number of nitrogens with zero attached hydrogens (tertiary/aromatic N) is 1. The van der Waals surface area contributed by atoms with Crippen molar-refractivity contribution in [2.45, 2.75) is 32.1 Å². The second-order valence-electron chi connectivity index (χ2n) is 3.40. The standard InChI is InChI=1S/C9H11NO2S/c1-5-7(4-8(11)12)10-9(13-5)6-2-3-6/h6H,2-4H2,1H3,(H,11,12). The molecule has 0 aliphatic heterocycles. The zero-order chi connectivity index (χ0) is 9.42. The van der Waals surface area contributed by atoms with Gasteiger partial charge in [-0.05, 0) is 19.8 Å². The molecule has 70 valence electrons. The van der Waals surface area contributed by atoms with Crippen molar-refractivity contribution in [2.75, 3.05) is 0 Å². The number of aromatic nitrogens is 1. The van der Waals surface area contributed by atoms with E-state index in [0.717, 1.165) is 15.6 Å². The SMILES string of the molecule is Cc1sc(C2CC2)nc1CC(=O)O. The van der Waals surface area contributed by atoms with Crippen molar-refractivity contribution >= 4 is 17.3 Å². The van der Waals surface area contributed by atoms with Crippen molar-refractivity contribution in [3.63, 3.8) is 0 Å². The Bertz CT molecular complexity index is 341. The summed E-state index contributed by atoms with van der Waals surface area (Å²) in [7, 11) is 0. The van der Waals surface area contributed by atoms with Crippen LogP contribution < -0.4 is 0 Å². The van der Waals surface area contributed by atoms with Gasteiger partial charge in [0.05, 0.1) is 17.1 Å². The summed E-state index contributed by atoms with van der Waals surface area (Å²) in [5.74, 6) is -0.165. The highest BCUT2D eigenvalue weighted by molar-refractivity contribution is 7.11. The van der Waals surface area contributed by atoms with Gasteiger partial charge in [-0.1, -0.05) is 0 Å². The molecule has 0 spiro atoms. The summed E-state index contributed by atoms with van der Waals surface area (Å²) in [6.45, 7) is 1.95. The minimum atomic E-state index is -0.796. The molecule has 0 amide bonds. The first-order valence-corrected chi connectivity index (χ1v) is 5.16. The van der Waals surface area contributed by atoms with E-state index >= 15 is 0 Å². The molecule has 1 aliphatic rings. The Kier molecular flexibility index (Phi) is 2.07. The molecule has 0 atom stereocenters. The summed E-state index contributed by atoms with van der Waals surface area (Å²) in [6.07, 6.45) is 2.51. The maximum atomic E-state index is 10.5. The second-order valence-corrected chi connectivity index (χ2v) is 4.63. The minimum Gasteiger partial charge on any atom is -0.481 e. The van der Waals surface area contributed by atoms with Gasteiger partial charge in [0.25, 0.3) is 0 Å². The van der Waals surface area contributed by atoms with Crippen LogP contribution >= 0.6 is 11.3 Å². The van der Waals surface area contributed by atoms with Gasteiger partial charge in [-0.25, -0.2) is 4.98 Å². The smallest absolute Gasteiger partial charge is 0.309 e. The van der Waals surface area contributed by atoms with E-state index in [0.29, 0.717) is 5.92 Å². The summed E-state index contributed by atoms with van der Waals surface area (Å²) in [6, 6.07) is 0. The molecule has 0 saturated heterocycles. The van der Waals surface area contributed by atoms with E-state index in [-0.39, 0.29) is 6.42 Å². The fourth-order valence-electron chi connectivity index (χ4n) is 1.26. The number of aryl methyl sites for hydroxylation is 1. The summed E-state index contributed by atoms with van der Waals surface area (Å²) in [5.41, 5.74) is 0.749. The normalized spacial score (nSPS) is 16.1. The summed E-state index contributed by atoms with van der Waals surface area (Å²) in [5, 5.41) is 9.75. The van der Waals surface area contributed by atoms with Gasteiger partial charge in [-0.15, -0.1) is 11.3 Å². The van der Waals surface area contributed by atoms with Gasteiger partial charge in [0, 0.05) is 10.8 Å². The average molecular weight is 197 g/mol. The van der Waals surface area contributed by atoms with Gasteiger partial charge in [-0.3, -0.25) is 4.79 Å². The van der Waals surface area contributed by atoms with Gasteiger partial charge < -0.3 is 5.11 Å². The molecular formula is C9H11NO2S. The van der Waals surface area contributed by atoms with E-state index in [1.165, 1.54) is 12.8 Å². The third-order valence-corrected chi connectivity index (χ3v) is 3.33. The third kappa shape index (κ3) is 1.88. The molecule has 0 radical (unpaired) electrons. The highest BCUT2D eigenvalue weighted by Crippen LogP contribution is 2.42. The van der Waals surface area contributed by atoms with Crippen molar-refractivity contribution in [3.8, 4) is 0 Å². The Morgan fingerprint density at radius 1 is 1.69 bits per heavy atom. The third-order valence-electron chi connectivity index (χ3n) is 2.15. The molecule has 1 aliphatic carbocycles. The number of rotatable bonds is 3. The Morgan fingerprint density at radius 3 is 2.92 bits per heavy atom. The Labute approximate surface area is 80.4 Å². The van der Waals surface area contributed by atoms with E-state index in [4.69, 9.17) is 5.11 Å². The highest BCUT2D eigenvalue weighted by Gasteiger charge is 2.27. The molecule has 1 heterocycles. The fourth-order valence-corrected chi connectivity index (χ4v) is 2.37. The van der Waals surface area contributed by atoms with Crippen LogP contribution in [-0.4, -0.2) is 16.1 Å². The maximum absolute atomic E-state index is 10.5. The fraction of sp³-hybridized carbons (Fsp3) is 0.556. The van der Waals surface area contributed by atoms with Crippen LogP contribution in [0.5, 0.6) is 0 Å². The number of hydrogen-bond donors (Lipinski definition) is 1. The summed E-state index contributed by atoms with van der Waals surface area (Å²) in [4.78, 5) is 15.9. The van der Waals surface area contributed by atoms with Crippen molar-refractivity contribution in [1.82, 2.24) is 4.98 Å². The predicted molar refractivity (Wildman–Crippen MR) is 50.2 cm³/mol. The summed E-state index contributed by atoms with van der Waals surface area (Å²) >= 11 is 1.65. The molecule has 1 aromatic heterocycles. The van der Waals surface area contributed by atoms with Gasteiger partial charge in [0.1, 0.15) is 0 Å². The molecule has 3 nitrogen and oxygen atoms in total. The molecule has 13 heavy (non-hydrogen) atoms. The van der Waals surface area contributed by atoms with Gasteiger partial charge in [-0.2, -0.15) is 0 Å². The van der Waals surface area contributed by atoms with Crippen LogP contribution in [0.2, 0.25) is 0 Å². The first-order valence-electron chi connectivity index (χ1n) is 4.35. The average Bonchev–Trinajstić information content (AvgIpc) is 2.79. The van der Waals surface area contributed by atoms with Crippen LogP contribution in [0, 0.1) is 6.92 Å². The number of carbonyl (C=O) groups is 1. The van der Waals surface area contributed by atoms with Crippen molar-refractivity contribution in [2.24, 2.45) is 0 Å². The van der Waals surface area contributed by atoms with E-state index in [1.54, 1.807) is 11.3 Å². The number of thiazole rings is 1. The first kappa shape index (κ1) is 8.69. The van der Waals surface area contributed by atoms with E-state index in [9.17, 15) is 4.79 Å². The first-order chi connectivity index (χ1) is 6.16. The number of carboxylic acid groups (broad SMARTS) is 1. The molecule has 0 aromatic carbocycles. The summed E-state index contributed by atoms with van der Waals surface area (Å²) < 4.78 is 0. The largest absolute Gasteiger partial charge is 0.481 e. The monoisotopic (exact) mass is 197 g/mol. The van der Waals surface area contributed by atoms with Crippen LogP contribution in [-0.2, 0) is 11.2 Å². The van der Waals surface area contributed by atoms with Gasteiger partial charge >= 0.3 is 5.97 Å². The Morgan fingerprint density at radius 2 is 2.38 bits per heavy atom. The molecule has 4 heteroatoms. The van der Waals surface area contributed by atoms with Crippen molar-refractivity contribution in [3.05, 3.63) is 15.6 Å². The molecule has 1 aromatic rings. The van der Waals surface area contributed by atoms with Gasteiger partial charge in [0.2, 0.25) is 0 Å². The van der Waals surface area contributed by atoms with Crippen LogP contribution in [0.25, 0.3) is 0 Å². The zero-order valence-corrected chi connectivity index (χ0v) is 8.23. The van der Waals surface area contributed by atoms with E-state index in [2.05, 4.69) is 4.98 Å². The molecule has 1 saturated carbocycles. The Hall–Kier alpha value is -0.900. The maximum Gasteiger partial charge on any atom is 0.309 e. The quantitative estimate of drug-likeness (QED) is 0.805. The second kappa shape index (κ2) is 3.10. The van der Waals surface area contributed by atoms with E-state index in [1.807, 2.05) is 6.92 Å². The molecule has 0 unspecified atom stereocenters. The van der Waals surface area contributed by atoms with E-state index < -0.39 is 5.97 Å². The van der Waals surface area contributed by atoms with Gasteiger partial charge in [0.15, 0.2) is 0 Å².